The van der Waals surface area contributed by atoms with Crippen molar-refractivity contribution in [3.63, 3.8) is 0 Å². The first kappa shape index (κ1) is 16.1. The van der Waals surface area contributed by atoms with Crippen molar-refractivity contribution >= 4 is 16.6 Å². The van der Waals surface area contributed by atoms with Crippen molar-refractivity contribution in [2.75, 3.05) is 0 Å². The van der Waals surface area contributed by atoms with Crippen LogP contribution in [0, 0.1) is 0 Å². The molecule has 2 N–H and O–H groups in total. The average Bonchev–Trinajstić information content (AvgIpc) is 2.59. The van der Waals surface area contributed by atoms with E-state index in [1.807, 2.05) is 30.3 Å². The fourth-order valence-electron chi connectivity index (χ4n) is 2.48. The van der Waals surface area contributed by atoms with Crippen molar-refractivity contribution in [2.24, 2.45) is 10.7 Å². The molecule has 24 heavy (non-hydrogen) atoms. The van der Waals surface area contributed by atoms with Crippen LogP contribution < -0.4 is 5.73 Å². The predicted octanol–water partition coefficient (Wildman–Crippen LogP) is 4.25. The number of halogens is 2. The van der Waals surface area contributed by atoms with Gasteiger partial charge in [-0.2, -0.15) is 0 Å². The molecule has 0 saturated carbocycles. The molecule has 3 rings (SSSR count). The normalized spacial score (nSPS) is 12.5. The van der Waals surface area contributed by atoms with Gasteiger partial charge in [0.15, 0.2) is 0 Å². The summed E-state index contributed by atoms with van der Waals surface area (Å²) < 4.78 is 26.4. The van der Waals surface area contributed by atoms with E-state index in [1.165, 1.54) is 12.1 Å². The Kier molecular flexibility index (Phi) is 4.25. The molecule has 3 nitrogen and oxygen atoms in total. The van der Waals surface area contributed by atoms with Crippen LogP contribution in [-0.2, 0) is 12.5 Å². The Morgan fingerprint density at radius 1 is 1.08 bits per heavy atom. The van der Waals surface area contributed by atoms with Crippen molar-refractivity contribution < 1.29 is 8.78 Å². The molecule has 122 valence electrons. The lowest BCUT2D eigenvalue weighted by Crippen LogP contribution is -2.16. The molecule has 0 radical (unpaired) electrons. The van der Waals surface area contributed by atoms with E-state index in [0.717, 1.165) is 23.3 Å². The van der Waals surface area contributed by atoms with Crippen molar-refractivity contribution in [1.29, 1.82) is 0 Å². The zero-order valence-electron chi connectivity index (χ0n) is 13.2. The molecule has 0 atom stereocenters. The highest BCUT2D eigenvalue weighted by molar-refractivity contribution is 6.07. The van der Waals surface area contributed by atoms with Crippen LogP contribution in [-0.4, -0.2) is 10.8 Å². The Hall–Kier alpha value is -2.82. The standard InChI is InChI=1S/C19H17F2N3/c1-19(20,21)15-8-6-13(7-9-15)12-24-18(22)17-16-5-3-2-4-14(16)10-11-23-17/h2-11H,12H2,1H3,(H2,22,24). The Bertz CT molecular complexity index is 876. The number of aromatic nitrogens is 1. The van der Waals surface area contributed by atoms with Gasteiger partial charge >= 0.3 is 0 Å². The molecule has 0 amide bonds. The molecule has 0 fully saturated rings. The molecule has 0 aliphatic rings. The van der Waals surface area contributed by atoms with Crippen LogP contribution in [0.15, 0.2) is 65.8 Å². The molecule has 0 aliphatic carbocycles. The van der Waals surface area contributed by atoms with E-state index in [0.29, 0.717) is 18.1 Å². The number of aliphatic imine (C=N–C) groups is 1. The molecule has 1 aromatic heterocycles. The number of benzene rings is 2. The van der Waals surface area contributed by atoms with Crippen LogP contribution in [0.2, 0.25) is 0 Å². The minimum Gasteiger partial charge on any atom is -0.382 e. The lowest BCUT2D eigenvalue weighted by Gasteiger charge is -2.10. The largest absolute Gasteiger partial charge is 0.382 e. The molecule has 0 spiro atoms. The number of fused-ring (bicyclic) bond motifs is 1. The minimum atomic E-state index is -2.84. The third-order valence-electron chi connectivity index (χ3n) is 3.81. The zero-order valence-corrected chi connectivity index (χ0v) is 13.2. The van der Waals surface area contributed by atoms with Crippen LogP contribution in [0.3, 0.4) is 0 Å². The van der Waals surface area contributed by atoms with Crippen LogP contribution >= 0.6 is 0 Å². The van der Waals surface area contributed by atoms with Gasteiger partial charge in [-0.1, -0.05) is 48.5 Å². The molecular formula is C19H17F2N3. The van der Waals surface area contributed by atoms with Gasteiger partial charge < -0.3 is 5.73 Å². The van der Waals surface area contributed by atoms with Gasteiger partial charge in [0, 0.05) is 24.1 Å². The second-order valence-electron chi connectivity index (χ2n) is 5.67. The van der Waals surface area contributed by atoms with Gasteiger partial charge in [0.05, 0.1) is 6.54 Å². The highest BCUT2D eigenvalue weighted by Gasteiger charge is 2.23. The van der Waals surface area contributed by atoms with Gasteiger partial charge in [-0.15, -0.1) is 0 Å². The number of nitrogens with zero attached hydrogens (tertiary/aromatic N) is 2. The number of hydrogen-bond acceptors (Lipinski definition) is 2. The maximum Gasteiger partial charge on any atom is 0.270 e. The maximum absolute atomic E-state index is 13.2. The third kappa shape index (κ3) is 3.40. The van der Waals surface area contributed by atoms with E-state index in [9.17, 15) is 8.78 Å². The number of alkyl halides is 2. The smallest absolute Gasteiger partial charge is 0.270 e. The van der Waals surface area contributed by atoms with E-state index in [2.05, 4.69) is 9.98 Å². The molecule has 3 aromatic rings. The van der Waals surface area contributed by atoms with Crippen LogP contribution in [0.1, 0.15) is 23.7 Å². The molecule has 1 heterocycles. The Morgan fingerprint density at radius 2 is 1.79 bits per heavy atom. The van der Waals surface area contributed by atoms with Gasteiger partial charge in [0.2, 0.25) is 0 Å². The number of rotatable bonds is 4. The number of pyridine rings is 1. The quantitative estimate of drug-likeness (QED) is 0.576. The zero-order chi connectivity index (χ0) is 17.2. The van der Waals surface area contributed by atoms with E-state index in [4.69, 9.17) is 5.73 Å². The molecule has 2 aromatic carbocycles. The second-order valence-corrected chi connectivity index (χ2v) is 5.67. The summed E-state index contributed by atoms with van der Waals surface area (Å²) in [6, 6.07) is 15.8. The average molecular weight is 325 g/mol. The van der Waals surface area contributed by atoms with Gasteiger partial charge in [0.25, 0.3) is 5.92 Å². The highest BCUT2D eigenvalue weighted by atomic mass is 19.3. The summed E-state index contributed by atoms with van der Waals surface area (Å²) >= 11 is 0. The lowest BCUT2D eigenvalue weighted by atomic mass is 10.1. The molecule has 5 heteroatoms. The van der Waals surface area contributed by atoms with Crippen molar-refractivity contribution in [1.82, 2.24) is 4.98 Å². The van der Waals surface area contributed by atoms with Crippen molar-refractivity contribution in [3.8, 4) is 0 Å². The molecule has 0 aliphatic heterocycles. The summed E-state index contributed by atoms with van der Waals surface area (Å²) in [4.78, 5) is 8.66. The fraction of sp³-hybridized carbons (Fsp3) is 0.158. The number of nitrogens with two attached hydrogens (primary N) is 1. The second kappa shape index (κ2) is 6.35. The van der Waals surface area contributed by atoms with Gasteiger partial charge in [-0.3, -0.25) is 9.98 Å². The Morgan fingerprint density at radius 3 is 2.50 bits per heavy atom. The van der Waals surface area contributed by atoms with E-state index in [1.54, 1.807) is 18.3 Å². The van der Waals surface area contributed by atoms with E-state index in [-0.39, 0.29) is 5.56 Å². The monoisotopic (exact) mass is 325 g/mol. The van der Waals surface area contributed by atoms with Gasteiger partial charge in [-0.05, 0) is 17.0 Å². The molecular weight excluding hydrogens is 308 g/mol. The lowest BCUT2D eigenvalue weighted by molar-refractivity contribution is 0.0174. The summed E-state index contributed by atoms with van der Waals surface area (Å²) in [7, 11) is 0. The first-order chi connectivity index (χ1) is 11.4. The fourth-order valence-corrected chi connectivity index (χ4v) is 2.48. The summed E-state index contributed by atoms with van der Waals surface area (Å²) in [6.45, 7) is 1.19. The molecule has 0 bridgehead atoms. The van der Waals surface area contributed by atoms with E-state index < -0.39 is 5.92 Å². The first-order valence-electron chi connectivity index (χ1n) is 7.56. The predicted molar refractivity (Wildman–Crippen MR) is 92.2 cm³/mol. The van der Waals surface area contributed by atoms with Crippen molar-refractivity contribution in [3.05, 3.63) is 77.6 Å². The third-order valence-corrected chi connectivity index (χ3v) is 3.81. The minimum absolute atomic E-state index is 0.0149. The Balaban J connectivity index is 1.83. The van der Waals surface area contributed by atoms with Gasteiger partial charge in [0.1, 0.15) is 11.5 Å². The van der Waals surface area contributed by atoms with Crippen LogP contribution in [0.25, 0.3) is 10.8 Å². The molecule has 0 unspecified atom stereocenters. The summed E-state index contributed by atoms with van der Waals surface area (Å²) in [6.07, 6.45) is 1.69. The maximum atomic E-state index is 13.2. The topological polar surface area (TPSA) is 51.3 Å². The van der Waals surface area contributed by atoms with Gasteiger partial charge in [-0.25, -0.2) is 8.78 Å². The number of amidine groups is 1. The van der Waals surface area contributed by atoms with E-state index >= 15 is 0 Å². The van der Waals surface area contributed by atoms with Crippen LogP contribution in [0.4, 0.5) is 8.78 Å². The summed E-state index contributed by atoms with van der Waals surface area (Å²) in [5, 5.41) is 1.97. The van der Waals surface area contributed by atoms with Crippen LogP contribution in [0.5, 0.6) is 0 Å². The first-order valence-corrected chi connectivity index (χ1v) is 7.56. The summed E-state index contributed by atoms with van der Waals surface area (Å²) in [5.74, 6) is -2.51. The Labute approximate surface area is 138 Å². The number of hydrogen-bond donors (Lipinski definition) is 1. The van der Waals surface area contributed by atoms with Crippen molar-refractivity contribution in [2.45, 2.75) is 19.4 Å². The molecule has 0 saturated heterocycles. The SMILES string of the molecule is CC(F)(F)c1ccc(CN=C(N)c2nccc3ccccc23)cc1. The summed E-state index contributed by atoms with van der Waals surface area (Å²) in [5.41, 5.74) is 7.50. The highest BCUT2D eigenvalue weighted by Crippen LogP contribution is 2.26.